The van der Waals surface area contributed by atoms with Gasteiger partial charge in [-0.05, 0) is 87.3 Å². The maximum atomic E-state index is 12.0. The lowest BCUT2D eigenvalue weighted by atomic mass is 9.87. The highest BCUT2D eigenvalue weighted by Crippen LogP contribution is 2.27. The van der Waals surface area contributed by atoms with Crippen LogP contribution in [0.25, 0.3) is 0 Å². The molecule has 0 bridgehead atoms. The van der Waals surface area contributed by atoms with Gasteiger partial charge in [-0.1, -0.05) is 33.1 Å². The number of likely N-dealkylation sites (tertiary alicyclic amines) is 2. The number of piperidine rings is 2. The molecule has 30 heavy (non-hydrogen) atoms. The van der Waals surface area contributed by atoms with E-state index in [1.54, 1.807) is 0 Å². The van der Waals surface area contributed by atoms with Crippen molar-refractivity contribution in [3.8, 4) is 0 Å². The predicted octanol–water partition coefficient (Wildman–Crippen LogP) is 3.95. The third-order valence-corrected chi connectivity index (χ3v) is 6.87. The molecule has 0 unspecified atom stereocenters. The van der Waals surface area contributed by atoms with Gasteiger partial charge in [0, 0.05) is 25.5 Å². The van der Waals surface area contributed by atoms with Crippen molar-refractivity contribution < 1.29 is 4.79 Å². The van der Waals surface area contributed by atoms with E-state index in [0.29, 0.717) is 12.5 Å². The highest BCUT2D eigenvalue weighted by Gasteiger charge is 2.22. The van der Waals surface area contributed by atoms with E-state index in [1.165, 1.54) is 63.6 Å². The Morgan fingerprint density at radius 1 is 1.00 bits per heavy atom. The van der Waals surface area contributed by atoms with Crippen LogP contribution in [0.4, 0.5) is 0 Å². The lowest BCUT2D eigenvalue weighted by Gasteiger charge is -2.33. The molecule has 1 aromatic heterocycles. The van der Waals surface area contributed by atoms with Crippen LogP contribution < -0.4 is 5.32 Å². The lowest BCUT2D eigenvalue weighted by molar-refractivity contribution is -0.122. The first-order valence-corrected chi connectivity index (χ1v) is 12.2. The van der Waals surface area contributed by atoms with Crippen molar-refractivity contribution in [3.05, 3.63) is 30.1 Å². The van der Waals surface area contributed by atoms with Crippen molar-refractivity contribution in [3.63, 3.8) is 0 Å². The standard InChI is InChI=1S/C25H42N4O/c1-21(2)18-27-25(30)20-29-16-10-23(11-17-29)5-3-4-22-8-14-28(15-9-22)19-24-6-12-26-13-7-24/h6-7,12-13,21-23H,3-5,8-11,14-20H2,1-2H3,(H,27,30). The van der Waals surface area contributed by atoms with E-state index in [0.717, 1.165) is 38.0 Å². The largest absolute Gasteiger partial charge is 0.355 e. The number of nitrogens with zero attached hydrogens (tertiary/aromatic N) is 3. The number of hydrogen-bond donors (Lipinski definition) is 1. The first-order valence-electron chi connectivity index (χ1n) is 12.2. The Morgan fingerprint density at radius 3 is 2.13 bits per heavy atom. The molecule has 168 valence electrons. The summed E-state index contributed by atoms with van der Waals surface area (Å²) in [6, 6.07) is 4.27. The van der Waals surface area contributed by atoms with Gasteiger partial charge in [-0.2, -0.15) is 0 Å². The predicted molar refractivity (Wildman–Crippen MR) is 123 cm³/mol. The van der Waals surface area contributed by atoms with E-state index < -0.39 is 0 Å². The summed E-state index contributed by atoms with van der Waals surface area (Å²) < 4.78 is 0. The summed E-state index contributed by atoms with van der Waals surface area (Å²) in [6.45, 7) is 11.4. The molecule has 5 heteroatoms. The second-order valence-electron chi connectivity index (χ2n) is 9.92. The summed E-state index contributed by atoms with van der Waals surface area (Å²) in [4.78, 5) is 21.1. The first kappa shape index (κ1) is 23.2. The van der Waals surface area contributed by atoms with Crippen molar-refractivity contribution in [2.75, 3.05) is 39.3 Å². The monoisotopic (exact) mass is 414 g/mol. The molecular weight excluding hydrogens is 372 g/mol. The Morgan fingerprint density at radius 2 is 1.57 bits per heavy atom. The Balaban J connectivity index is 1.23. The van der Waals surface area contributed by atoms with Crippen LogP contribution in [0.3, 0.4) is 0 Å². The third kappa shape index (κ3) is 8.35. The number of carbonyl (C=O) groups is 1. The topological polar surface area (TPSA) is 48.5 Å². The van der Waals surface area contributed by atoms with Crippen LogP contribution >= 0.6 is 0 Å². The Labute approximate surface area is 183 Å². The highest BCUT2D eigenvalue weighted by atomic mass is 16.2. The highest BCUT2D eigenvalue weighted by molar-refractivity contribution is 5.78. The molecule has 0 radical (unpaired) electrons. The number of nitrogens with one attached hydrogen (secondary N) is 1. The molecule has 0 aliphatic carbocycles. The van der Waals surface area contributed by atoms with Gasteiger partial charge in [0.05, 0.1) is 6.54 Å². The maximum Gasteiger partial charge on any atom is 0.234 e. The Hall–Kier alpha value is -1.46. The van der Waals surface area contributed by atoms with Crippen LogP contribution in [0.2, 0.25) is 0 Å². The molecule has 1 aromatic rings. The average Bonchev–Trinajstić information content (AvgIpc) is 2.75. The molecule has 2 fully saturated rings. The van der Waals surface area contributed by atoms with E-state index in [-0.39, 0.29) is 5.91 Å². The van der Waals surface area contributed by atoms with Gasteiger partial charge in [0.15, 0.2) is 0 Å². The van der Waals surface area contributed by atoms with Gasteiger partial charge < -0.3 is 5.32 Å². The van der Waals surface area contributed by atoms with Crippen molar-refractivity contribution in [1.82, 2.24) is 20.1 Å². The molecular formula is C25H42N4O. The van der Waals surface area contributed by atoms with Crippen molar-refractivity contribution in [1.29, 1.82) is 0 Å². The molecule has 0 aromatic carbocycles. The summed E-state index contributed by atoms with van der Waals surface area (Å²) in [5.74, 6) is 2.50. The van der Waals surface area contributed by atoms with E-state index >= 15 is 0 Å². The van der Waals surface area contributed by atoms with Gasteiger partial charge in [-0.3, -0.25) is 19.6 Å². The number of hydrogen-bond acceptors (Lipinski definition) is 4. The fourth-order valence-electron chi connectivity index (χ4n) is 4.89. The summed E-state index contributed by atoms with van der Waals surface area (Å²) >= 11 is 0. The van der Waals surface area contributed by atoms with E-state index in [2.05, 4.69) is 46.1 Å². The smallest absolute Gasteiger partial charge is 0.234 e. The Kier molecular flexibility index (Phi) is 9.60. The van der Waals surface area contributed by atoms with Crippen LogP contribution in [0.15, 0.2) is 24.5 Å². The maximum absolute atomic E-state index is 12.0. The van der Waals surface area contributed by atoms with Gasteiger partial charge in [0.1, 0.15) is 0 Å². The molecule has 2 aliphatic rings. The summed E-state index contributed by atoms with van der Waals surface area (Å²) in [7, 11) is 0. The zero-order valence-electron chi connectivity index (χ0n) is 19.2. The van der Waals surface area contributed by atoms with Crippen molar-refractivity contribution in [2.24, 2.45) is 17.8 Å². The van der Waals surface area contributed by atoms with Gasteiger partial charge >= 0.3 is 0 Å². The zero-order valence-corrected chi connectivity index (χ0v) is 19.2. The molecule has 3 rings (SSSR count). The average molecular weight is 415 g/mol. The van der Waals surface area contributed by atoms with E-state index in [4.69, 9.17) is 0 Å². The van der Waals surface area contributed by atoms with Gasteiger partial charge in [0.2, 0.25) is 5.91 Å². The summed E-state index contributed by atoms with van der Waals surface area (Å²) in [5.41, 5.74) is 1.38. The number of rotatable bonds is 10. The second-order valence-corrected chi connectivity index (χ2v) is 9.92. The van der Waals surface area contributed by atoms with Crippen molar-refractivity contribution in [2.45, 2.75) is 65.3 Å². The quantitative estimate of drug-likeness (QED) is 0.630. The van der Waals surface area contributed by atoms with Crippen molar-refractivity contribution >= 4 is 5.91 Å². The number of aromatic nitrogens is 1. The second kappa shape index (κ2) is 12.4. The van der Waals surface area contributed by atoms with Crippen LogP contribution in [-0.4, -0.2) is 60.0 Å². The summed E-state index contributed by atoms with van der Waals surface area (Å²) in [5, 5.41) is 3.04. The minimum atomic E-state index is 0.192. The number of carbonyl (C=O) groups excluding carboxylic acids is 1. The molecule has 3 heterocycles. The fraction of sp³-hybridized carbons (Fsp3) is 0.760. The molecule has 5 nitrogen and oxygen atoms in total. The van der Waals surface area contributed by atoms with Gasteiger partial charge in [-0.15, -0.1) is 0 Å². The summed E-state index contributed by atoms with van der Waals surface area (Å²) in [6.07, 6.45) is 13.2. The van der Waals surface area contributed by atoms with Gasteiger partial charge in [0.25, 0.3) is 0 Å². The van der Waals surface area contributed by atoms with Crippen LogP contribution in [0, 0.1) is 17.8 Å². The van der Waals surface area contributed by atoms with E-state index in [1.807, 2.05) is 12.4 Å². The molecule has 1 N–H and O–H groups in total. The number of pyridine rings is 1. The normalized spacial score (nSPS) is 20.0. The SMILES string of the molecule is CC(C)CNC(=O)CN1CCC(CCCC2CCN(Cc3ccncc3)CC2)CC1. The molecule has 1 amide bonds. The Bertz CT molecular complexity index is 605. The third-order valence-electron chi connectivity index (χ3n) is 6.87. The number of amides is 1. The lowest BCUT2D eigenvalue weighted by Crippen LogP contribution is -2.42. The van der Waals surface area contributed by atoms with Crippen LogP contribution in [-0.2, 0) is 11.3 Å². The first-order chi connectivity index (χ1) is 14.6. The van der Waals surface area contributed by atoms with Crippen LogP contribution in [0.5, 0.6) is 0 Å². The minimum absolute atomic E-state index is 0.192. The van der Waals surface area contributed by atoms with E-state index in [9.17, 15) is 4.79 Å². The molecule has 0 spiro atoms. The minimum Gasteiger partial charge on any atom is -0.355 e. The van der Waals surface area contributed by atoms with Crippen LogP contribution in [0.1, 0.15) is 64.4 Å². The van der Waals surface area contributed by atoms with Gasteiger partial charge in [-0.25, -0.2) is 0 Å². The fourth-order valence-corrected chi connectivity index (χ4v) is 4.89. The molecule has 0 atom stereocenters. The molecule has 2 saturated heterocycles. The molecule has 2 aliphatic heterocycles. The molecule has 0 saturated carbocycles. The zero-order chi connectivity index (χ0) is 21.2.